The molecule has 2 aromatic rings. The van der Waals surface area contributed by atoms with Crippen LogP contribution >= 0.6 is 0 Å². The number of hydrogen-bond donors (Lipinski definition) is 1. The molecule has 0 spiro atoms. The molecule has 0 amide bonds. The van der Waals surface area contributed by atoms with Crippen LogP contribution < -0.4 is 5.32 Å². The molecule has 28 heavy (non-hydrogen) atoms. The third kappa shape index (κ3) is 4.86. The van der Waals surface area contributed by atoms with Crippen LogP contribution in [0.15, 0.2) is 54.6 Å². The Morgan fingerprint density at radius 2 is 1.64 bits per heavy atom. The summed E-state index contributed by atoms with van der Waals surface area (Å²) in [6.07, 6.45) is -11.9. The second-order valence-corrected chi connectivity index (χ2v) is 6.70. The lowest BCUT2D eigenvalue weighted by atomic mass is 9.94. The van der Waals surface area contributed by atoms with Gasteiger partial charge in [0.15, 0.2) is 6.10 Å². The SMILES string of the molecule is FC(F)(F)c1cccc(C(OC2CCCNC2c2ccccc2)C(F)(F)F)c1. The second-order valence-electron chi connectivity index (χ2n) is 6.70. The van der Waals surface area contributed by atoms with Crippen LogP contribution in [0.5, 0.6) is 0 Å². The highest BCUT2D eigenvalue weighted by molar-refractivity contribution is 5.28. The van der Waals surface area contributed by atoms with Gasteiger partial charge < -0.3 is 10.1 Å². The topological polar surface area (TPSA) is 21.3 Å². The lowest BCUT2D eigenvalue weighted by molar-refractivity contribution is -0.242. The van der Waals surface area contributed by atoms with Crippen LogP contribution in [0.2, 0.25) is 0 Å². The molecule has 8 heteroatoms. The van der Waals surface area contributed by atoms with Crippen molar-refractivity contribution < 1.29 is 31.1 Å². The van der Waals surface area contributed by atoms with Crippen molar-refractivity contribution in [3.8, 4) is 0 Å². The Balaban J connectivity index is 1.90. The molecule has 2 aromatic carbocycles. The quantitative estimate of drug-likeness (QED) is 0.650. The fraction of sp³-hybridized carbons (Fsp3) is 0.400. The van der Waals surface area contributed by atoms with Crippen molar-refractivity contribution in [1.82, 2.24) is 5.32 Å². The fourth-order valence-electron chi connectivity index (χ4n) is 3.40. The van der Waals surface area contributed by atoms with E-state index >= 15 is 0 Å². The summed E-state index contributed by atoms with van der Waals surface area (Å²) in [5, 5.41) is 3.16. The highest BCUT2D eigenvalue weighted by Crippen LogP contribution is 2.41. The summed E-state index contributed by atoms with van der Waals surface area (Å²) in [5.74, 6) is 0. The van der Waals surface area contributed by atoms with Crippen molar-refractivity contribution in [2.75, 3.05) is 6.54 Å². The molecule has 0 aliphatic carbocycles. The average molecular weight is 403 g/mol. The Morgan fingerprint density at radius 3 is 2.29 bits per heavy atom. The van der Waals surface area contributed by atoms with Crippen LogP contribution in [0.3, 0.4) is 0 Å². The van der Waals surface area contributed by atoms with Crippen LogP contribution in [-0.4, -0.2) is 18.8 Å². The van der Waals surface area contributed by atoms with E-state index in [1.165, 1.54) is 0 Å². The van der Waals surface area contributed by atoms with Crippen molar-refractivity contribution in [1.29, 1.82) is 0 Å². The summed E-state index contributed by atoms with van der Waals surface area (Å²) in [6.45, 7) is 0.625. The minimum Gasteiger partial charge on any atom is -0.359 e. The van der Waals surface area contributed by atoms with Crippen molar-refractivity contribution in [2.45, 2.75) is 43.4 Å². The molecule has 2 nitrogen and oxygen atoms in total. The molecular weight excluding hydrogens is 384 g/mol. The highest BCUT2D eigenvalue weighted by atomic mass is 19.4. The summed E-state index contributed by atoms with van der Waals surface area (Å²) < 4.78 is 85.3. The van der Waals surface area contributed by atoms with Crippen LogP contribution in [-0.2, 0) is 10.9 Å². The van der Waals surface area contributed by atoms with E-state index in [-0.39, 0.29) is 0 Å². The standard InChI is InChI=1S/C20H19F6NO/c21-19(22,23)15-9-4-8-14(12-15)18(20(24,25)26)28-16-10-5-11-27-17(16)13-6-2-1-3-7-13/h1-4,6-9,12,16-18,27H,5,10-11H2. The van der Waals surface area contributed by atoms with E-state index in [0.29, 0.717) is 25.5 Å². The molecule has 1 N–H and O–H groups in total. The van der Waals surface area contributed by atoms with Crippen molar-refractivity contribution in [2.24, 2.45) is 0 Å². The number of ether oxygens (including phenoxy) is 1. The van der Waals surface area contributed by atoms with Gasteiger partial charge in [0.1, 0.15) is 0 Å². The normalized spacial score (nSPS) is 22.1. The van der Waals surface area contributed by atoms with Gasteiger partial charge in [-0.1, -0.05) is 42.5 Å². The Hall–Kier alpha value is -2.06. The maximum Gasteiger partial charge on any atom is 0.418 e. The molecule has 3 unspecified atom stereocenters. The first kappa shape index (κ1) is 20.7. The third-order valence-electron chi connectivity index (χ3n) is 4.69. The van der Waals surface area contributed by atoms with E-state index in [1.807, 2.05) is 0 Å². The molecule has 0 aromatic heterocycles. The maximum atomic E-state index is 13.7. The van der Waals surface area contributed by atoms with Gasteiger partial charge in [-0.05, 0) is 42.6 Å². The minimum absolute atomic E-state index is 0.373. The predicted molar refractivity (Wildman–Crippen MR) is 91.5 cm³/mol. The summed E-state index contributed by atoms with van der Waals surface area (Å²) in [7, 11) is 0. The van der Waals surface area contributed by atoms with Crippen LogP contribution in [0.25, 0.3) is 0 Å². The lowest BCUT2D eigenvalue weighted by Gasteiger charge is -2.36. The molecule has 0 bridgehead atoms. The van der Waals surface area contributed by atoms with Crippen molar-refractivity contribution in [3.63, 3.8) is 0 Å². The molecule has 1 aliphatic rings. The average Bonchev–Trinajstić information content (AvgIpc) is 2.65. The van der Waals surface area contributed by atoms with Gasteiger partial charge in [0, 0.05) is 0 Å². The fourth-order valence-corrected chi connectivity index (χ4v) is 3.40. The van der Waals surface area contributed by atoms with E-state index in [1.54, 1.807) is 30.3 Å². The number of benzene rings is 2. The third-order valence-corrected chi connectivity index (χ3v) is 4.69. The van der Waals surface area contributed by atoms with Gasteiger partial charge in [0.2, 0.25) is 0 Å². The lowest BCUT2D eigenvalue weighted by Crippen LogP contribution is -2.41. The summed E-state index contributed by atoms with van der Waals surface area (Å²) >= 11 is 0. The number of rotatable bonds is 4. The van der Waals surface area contributed by atoms with Gasteiger partial charge in [-0.15, -0.1) is 0 Å². The Labute approximate surface area is 158 Å². The molecule has 3 atom stereocenters. The van der Waals surface area contributed by atoms with Crippen LogP contribution in [0, 0.1) is 0 Å². The van der Waals surface area contributed by atoms with E-state index in [9.17, 15) is 26.3 Å². The van der Waals surface area contributed by atoms with E-state index in [4.69, 9.17) is 4.74 Å². The number of halogens is 6. The summed E-state index contributed by atoms with van der Waals surface area (Å²) in [4.78, 5) is 0. The van der Waals surface area contributed by atoms with E-state index in [2.05, 4.69) is 5.32 Å². The van der Waals surface area contributed by atoms with Gasteiger partial charge in [0.25, 0.3) is 0 Å². The monoisotopic (exact) mass is 403 g/mol. The molecular formula is C20H19F6NO. The van der Waals surface area contributed by atoms with Crippen molar-refractivity contribution >= 4 is 0 Å². The zero-order valence-corrected chi connectivity index (χ0v) is 14.7. The second kappa shape index (κ2) is 8.13. The van der Waals surface area contributed by atoms with Gasteiger partial charge in [0.05, 0.1) is 17.7 Å². The molecule has 0 radical (unpaired) electrons. The van der Waals surface area contributed by atoms with Gasteiger partial charge in [-0.3, -0.25) is 0 Å². The zero-order valence-electron chi connectivity index (χ0n) is 14.7. The van der Waals surface area contributed by atoms with Crippen molar-refractivity contribution in [3.05, 3.63) is 71.3 Å². The van der Waals surface area contributed by atoms with Gasteiger partial charge >= 0.3 is 12.4 Å². The molecule has 1 fully saturated rings. The van der Waals surface area contributed by atoms with Gasteiger partial charge in [-0.25, -0.2) is 0 Å². The van der Waals surface area contributed by atoms with E-state index in [0.717, 1.165) is 23.8 Å². The maximum absolute atomic E-state index is 13.7. The Kier molecular flexibility index (Phi) is 6.00. The Bertz CT molecular complexity index is 774. The van der Waals surface area contributed by atoms with E-state index < -0.39 is 41.7 Å². The predicted octanol–water partition coefficient (Wildman–Crippen LogP) is 5.82. The van der Waals surface area contributed by atoms with Crippen LogP contribution in [0.1, 0.15) is 41.7 Å². The smallest absolute Gasteiger partial charge is 0.359 e. The zero-order chi connectivity index (χ0) is 20.4. The number of hydrogen-bond acceptors (Lipinski definition) is 2. The van der Waals surface area contributed by atoms with Gasteiger partial charge in [-0.2, -0.15) is 26.3 Å². The minimum atomic E-state index is -4.84. The van der Waals surface area contributed by atoms with Crippen LogP contribution in [0.4, 0.5) is 26.3 Å². The largest absolute Gasteiger partial charge is 0.418 e. The molecule has 3 rings (SSSR count). The first-order valence-corrected chi connectivity index (χ1v) is 8.84. The molecule has 1 saturated heterocycles. The first-order valence-electron chi connectivity index (χ1n) is 8.84. The number of alkyl halides is 6. The molecule has 1 aliphatic heterocycles. The summed E-state index contributed by atoms with van der Waals surface area (Å²) in [5.41, 5.74) is -0.916. The molecule has 152 valence electrons. The number of piperidine rings is 1. The number of nitrogens with one attached hydrogen (secondary N) is 1. The molecule has 1 heterocycles. The molecule has 0 saturated carbocycles. The Morgan fingerprint density at radius 1 is 0.929 bits per heavy atom. The first-order chi connectivity index (χ1) is 13.2. The summed E-state index contributed by atoms with van der Waals surface area (Å²) in [6, 6.07) is 11.7. The highest BCUT2D eigenvalue weighted by Gasteiger charge is 2.45.